The van der Waals surface area contributed by atoms with Gasteiger partial charge < -0.3 is 15.3 Å². The Morgan fingerprint density at radius 3 is 3.05 bits per heavy atom. The zero-order chi connectivity index (χ0) is 13.8. The highest BCUT2D eigenvalue weighted by Gasteiger charge is 2.24. The molecule has 0 amide bonds. The quantitative estimate of drug-likeness (QED) is 0.876. The van der Waals surface area contributed by atoms with E-state index in [1.165, 1.54) is 12.1 Å². The van der Waals surface area contributed by atoms with Gasteiger partial charge in [0.05, 0.1) is 6.42 Å². The molecule has 0 saturated carbocycles. The Morgan fingerprint density at radius 2 is 2.37 bits per heavy atom. The molecule has 1 aliphatic rings. The summed E-state index contributed by atoms with van der Waals surface area (Å²) in [7, 11) is 0. The number of nitrogens with one attached hydrogen (secondary N) is 1. The molecule has 1 fully saturated rings. The number of aliphatic carboxylic acids is 1. The molecule has 1 aromatic carbocycles. The fourth-order valence-electron chi connectivity index (χ4n) is 2.50. The van der Waals surface area contributed by atoms with Crippen molar-refractivity contribution in [2.75, 3.05) is 18.0 Å². The van der Waals surface area contributed by atoms with E-state index < -0.39 is 5.97 Å². The van der Waals surface area contributed by atoms with Crippen LogP contribution < -0.4 is 10.2 Å². The standard InChI is InChI=1S/C14H19FN2O2/c1-10-5-6-16-12(8-14(18)19)9-17(10)13-4-2-3-11(15)7-13/h2-4,7,10,12,16H,5-6,8-9H2,1H3,(H,18,19). The third-order valence-electron chi connectivity index (χ3n) is 3.51. The molecule has 1 aromatic rings. The fraction of sp³-hybridized carbons (Fsp3) is 0.500. The van der Waals surface area contributed by atoms with E-state index in [1.807, 2.05) is 6.07 Å². The number of anilines is 1. The highest BCUT2D eigenvalue weighted by molar-refractivity contribution is 5.67. The number of benzene rings is 1. The van der Waals surface area contributed by atoms with Crippen molar-refractivity contribution in [1.29, 1.82) is 0 Å². The van der Waals surface area contributed by atoms with Crippen LogP contribution in [0, 0.1) is 5.82 Å². The third-order valence-corrected chi connectivity index (χ3v) is 3.51. The largest absolute Gasteiger partial charge is 0.481 e. The van der Waals surface area contributed by atoms with Gasteiger partial charge in [-0.2, -0.15) is 0 Å². The molecule has 4 nitrogen and oxygen atoms in total. The minimum Gasteiger partial charge on any atom is -0.481 e. The van der Waals surface area contributed by atoms with Crippen LogP contribution in [0.3, 0.4) is 0 Å². The predicted octanol–water partition coefficient (Wildman–Crippen LogP) is 1.86. The second-order valence-corrected chi connectivity index (χ2v) is 5.02. The third kappa shape index (κ3) is 3.67. The Morgan fingerprint density at radius 1 is 1.58 bits per heavy atom. The van der Waals surface area contributed by atoms with E-state index >= 15 is 0 Å². The van der Waals surface area contributed by atoms with E-state index in [9.17, 15) is 9.18 Å². The Labute approximate surface area is 112 Å². The summed E-state index contributed by atoms with van der Waals surface area (Å²) in [4.78, 5) is 12.9. The van der Waals surface area contributed by atoms with Gasteiger partial charge in [-0.05, 0) is 38.1 Å². The first-order chi connectivity index (χ1) is 9.06. The Balaban J connectivity index is 2.17. The van der Waals surface area contributed by atoms with Crippen molar-refractivity contribution >= 4 is 11.7 Å². The number of hydrogen-bond acceptors (Lipinski definition) is 3. The van der Waals surface area contributed by atoms with E-state index in [0.29, 0.717) is 6.54 Å². The highest BCUT2D eigenvalue weighted by Crippen LogP contribution is 2.22. The number of nitrogens with zero attached hydrogens (tertiary/aromatic N) is 1. The summed E-state index contributed by atoms with van der Waals surface area (Å²) in [6, 6.07) is 6.61. The van der Waals surface area contributed by atoms with Crippen molar-refractivity contribution in [2.24, 2.45) is 0 Å². The number of carboxylic acid groups (broad SMARTS) is 1. The molecule has 1 heterocycles. The van der Waals surface area contributed by atoms with Crippen molar-refractivity contribution in [3.63, 3.8) is 0 Å². The SMILES string of the molecule is CC1CCNC(CC(=O)O)CN1c1cccc(F)c1. The summed E-state index contributed by atoms with van der Waals surface area (Å²) < 4.78 is 13.3. The topological polar surface area (TPSA) is 52.6 Å². The molecule has 0 spiro atoms. The Kier molecular flexibility index (Phi) is 4.37. The lowest BCUT2D eigenvalue weighted by molar-refractivity contribution is -0.137. The maximum Gasteiger partial charge on any atom is 0.304 e. The second-order valence-electron chi connectivity index (χ2n) is 5.02. The second kappa shape index (κ2) is 6.02. The molecule has 0 radical (unpaired) electrons. The first-order valence-corrected chi connectivity index (χ1v) is 6.53. The molecule has 2 unspecified atom stereocenters. The molecule has 104 valence electrons. The molecule has 0 bridgehead atoms. The van der Waals surface area contributed by atoms with E-state index in [4.69, 9.17) is 5.11 Å². The van der Waals surface area contributed by atoms with Crippen LogP contribution in [0.4, 0.5) is 10.1 Å². The van der Waals surface area contributed by atoms with Gasteiger partial charge in [0.25, 0.3) is 0 Å². The van der Waals surface area contributed by atoms with Crippen molar-refractivity contribution in [2.45, 2.75) is 31.8 Å². The van der Waals surface area contributed by atoms with Gasteiger partial charge in [-0.25, -0.2) is 4.39 Å². The zero-order valence-corrected chi connectivity index (χ0v) is 11.0. The van der Waals surface area contributed by atoms with E-state index in [1.54, 1.807) is 6.07 Å². The van der Waals surface area contributed by atoms with Gasteiger partial charge in [0.2, 0.25) is 0 Å². The van der Waals surface area contributed by atoms with Gasteiger partial charge in [0.15, 0.2) is 0 Å². The summed E-state index contributed by atoms with van der Waals surface area (Å²) in [5, 5.41) is 12.1. The molecule has 1 saturated heterocycles. The summed E-state index contributed by atoms with van der Waals surface area (Å²) in [5.41, 5.74) is 0.812. The van der Waals surface area contributed by atoms with Crippen LogP contribution >= 0.6 is 0 Å². The van der Waals surface area contributed by atoms with Crippen LogP contribution in [-0.4, -0.2) is 36.2 Å². The smallest absolute Gasteiger partial charge is 0.304 e. The number of halogens is 1. The molecule has 19 heavy (non-hydrogen) atoms. The monoisotopic (exact) mass is 266 g/mol. The van der Waals surface area contributed by atoms with Crippen LogP contribution in [0.25, 0.3) is 0 Å². The lowest BCUT2D eigenvalue weighted by Crippen LogP contribution is -2.41. The molecule has 0 aromatic heterocycles. The van der Waals surface area contributed by atoms with Crippen LogP contribution in [0.2, 0.25) is 0 Å². The van der Waals surface area contributed by atoms with Crippen molar-refractivity contribution < 1.29 is 14.3 Å². The van der Waals surface area contributed by atoms with Crippen molar-refractivity contribution in [3.8, 4) is 0 Å². The van der Waals surface area contributed by atoms with E-state index in [-0.39, 0.29) is 24.3 Å². The van der Waals surface area contributed by atoms with Crippen LogP contribution in [0.1, 0.15) is 19.8 Å². The average Bonchev–Trinajstić information content (AvgIpc) is 2.51. The summed E-state index contributed by atoms with van der Waals surface area (Å²) in [6.45, 7) is 3.44. The van der Waals surface area contributed by atoms with Gasteiger partial charge in [-0.3, -0.25) is 4.79 Å². The average molecular weight is 266 g/mol. The van der Waals surface area contributed by atoms with Crippen molar-refractivity contribution in [1.82, 2.24) is 5.32 Å². The summed E-state index contributed by atoms with van der Waals surface area (Å²) >= 11 is 0. The molecule has 0 aliphatic carbocycles. The van der Waals surface area contributed by atoms with E-state index in [0.717, 1.165) is 18.7 Å². The maximum atomic E-state index is 13.3. The first kappa shape index (κ1) is 13.8. The van der Waals surface area contributed by atoms with Gasteiger partial charge >= 0.3 is 5.97 Å². The highest BCUT2D eigenvalue weighted by atomic mass is 19.1. The normalized spacial score (nSPS) is 24.0. The molecule has 2 atom stereocenters. The van der Waals surface area contributed by atoms with Crippen molar-refractivity contribution in [3.05, 3.63) is 30.1 Å². The van der Waals surface area contributed by atoms with Gasteiger partial charge in [-0.15, -0.1) is 0 Å². The minimum atomic E-state index is -0.814. The molecular formula is C14H19FN2O2. The summed E-state index contributed by atoms with van der Waals surface area (Å²) in [6.07, 6.45) is 0.991. The maximum absolute atomic E-state index is 13.3. The lowest BCUT2D eigenvalue weighted by atomic mass is 10.1. The molecule has 2 rings (SSSR count). The number of carbonyl (C=O) groups is 1. The van der Waals surface area contributed by atoms with E-state index in [2.05, 4.69) is 17.1 Å². The van der Waals surface area contributed by atoms with Gasteiger partial charge in [0, 0.05) is 24.3 Å². The zero-order valence-electron chi connectivity index (χ0n) is 11.0. The minimum absolute atomic E-state index is 0.0819. The Hall–Kier alpha value is -1.62. The van der Waals surface area contributed by atoms with Gasteiger partial charge in [0.1, 0.15) is 5.82 Å². The fourth-order valence-corrected chi connectivity index (χ4v) is 2.50. The molecule has 1 aliphatic heterocycles. The lowest BCUT2D eigenvalue weighted by Gasteiger charge is -2.31. The predicted molar refractivity (Wildman–Crippen MR) is 71.9 cm³/mol. The van der Waals surface area contributed by atoms with Crippen LogP contribution in [0.5, 0.6) is 0 Å². The molecule has 5 heteroatoms. The Bertz CT molecular complexity index is 453. The summed E-state index contributed by atoms with van der Waals surface area (Å²) in [5.74, 6) is -1.08. The number of carboxylic acids is 1. The van der Waals surface area contributed by atoms with Gasteiger partial charge in [-0.1, -0.05) is 6.07 Å². The van der Waals surface area contributed by atoms with Crippen LogP contribution in [0.15, 0.2) is 24.3 Å². The number of rotatable bonds is 3. The molecule has 2 N–H and O–H groups in total. The van der Waals surface area contributed by atoms with Crippen LogP contribution in [-0.2, 0) is 4.79 Å². The molecular weight excluding hydrogens is 247 g/mol. The number of hydrogen-bond donors (Lipinski definition) is 2. The first-order valence-electron chi connectivity index (χ1n) is 6.53.